The molecule has 0 heterocycles. The number of carbonyl (C=O) groups is 2. The summed E-state index contributed by atoms with van der Waals surface area (Å²) in [6, 6.07) is 3.28. The average molecular weight is 360 g/mol. The van der Waals surface area contributed by atoms with Gasteiger partial charge >= 0.3 is 0 Å². The number of rotatable bonds is 9. The highest BCUT2D eigenvalue weighted by molar-refractivity contribution is 5.97. The first-order valence-electron chi connectivity index (χ1n) is 8.68. The number of aromatic hydroxyl groups is 1. The second-order valence-corrected chi connectivity index (χ2v) is 6.08. The van der Waals surface area contributed by atoms with Gasteiger partial charge in [-0.05, 0) is 37.6 Å². The first-order valence-corrected chi connectivity index (χ1v) is 8.68. The van der Waals surface area contributed by atoms with Crippen LogP contribution in [0.25, 0.3) is 0 Å². The van der Waals surface area contributed by atoms with E-state index >= 15 is 0 Å². The molecular weight excluding hydrogens is 336 g/mol. The molecule has 6 heteroatoms. The Morgan fingerprint density at radius 1 is 1.15 bits per heavy atom. The lowest BCUT2D eigenvalue weighted by Crippen LogP contribution is -2.11. The van der Waals surface area contributed by atoms with Gasteiger partial charge in [0, 0.05) is 12.0 Å². The van der Waals surface area contributed by atoms with Crippen molar-refractivity contribution in [3.8, 4) is 11.5 Å². The van der Waals surface area contributed by atoms with Crippen LogP contribution in [0, 0.1) is 0 Å². The molecule has 0 aliphatic heterocycles. The van der Waals surface area contributed by atoms with Crippen LogP contribution in [0.5, 0.6) is 11.5 Å². The number of aliphatic hydroxyl groups is 1. The summed E-state index contributed by atoms with van der Waals surface area (Å²) in [7, 11) is 0. The van der Waals surface area contributed by atoms with Crippen LogP contribution in [0.1, 0.15) is 49.0 Å². The van der Waals surface area contributed by atoms with Crippen molar-refractivity contribution in [1.29, 1.82) is 0 Å². The minimum Gasteiger partial charge on any atom is -0.507 e. The van der Waals surface area contributed by atoms with Gasteiger partial charge in [-0.3, -0.25) is 9.59 Å². The van der Waals surface area contributed by atoms with Gasteiger partial charge in [-0.2, -0.15) is 0 Å². The molecule has 0 unspecified atom stereocenters. The first-order chi connectivity index (χ1) is 12.4. The Morgan fingerprint density at radius 2 is 1.88 bits per heavy atom. The normalized spacial score (nSPS) is 13.8. The van der Waals surface area contributed by atoms with E-state index in [1.165, 1.54) is 13.0 Å². The van der Waals surface area contributed by atoms with Gasteiger partial charge in [-0.15, -0.1) is 0 Å². The second-order valence-electron chi connectivity index (χ2n) is 6.08. The number of ether oxygens (including phenoxy) is 2. The molecular formula is C20H24O6. The zero-order valence-corrected chi connectivity index (χ0v) is 15.1. The predicted molar refractivity (Wildman–Crippen MR) is 96.6 cm³/mol. The highest BCUT2D eigenvalue weighted by Crippen LogP contribution is 2.33. The van der Waals surface area contributed by atoms with Crippen LogP contribution in [0.3, 0.4) is 0 Å². The summed E-state index contributed by atoms with van der Waals surface area (Å²) < 4.78 is 11.2. The fourth-order valence-electron chi connectivity index (χ4n) is 2.64. The molecule has 2 rings (SSSR count). The first kappa shape index (κ1) is 19.6. The second kappa shape index (κ2) is 9.08. The number of phenolic OH excluding ortho intramolecular Hbond substituents is 1. The van der Waals surface area contributed by atoms with Gasteiger partial charge in [0.25, 0.3) is 0 Å². The minimum atomic E-state index is -0.357. The summed E-state index contributed by atoms with van der Waals surface area (Å²) in [4.78, 5) is 22.9. The zero-order chi connectivity index (χ0) is 19.1. The molecule has 26 heavy (non-hydrogen) atoms. The third-order valence-electron chi connectivity index (χ3n) is 4.00. The number of benzene rings is 1. The highest BCUT2D eigenvalue weighted by atomic mass is 16.5. The molecule has 0 fully saturated rings. The summed E-state index contributed by atoms with van der Waals surface area (Å²) in [6.07, 6.45) is 4.98. The Morgan fingerprint density at radius 3 is 2.54 bits per heavy atom. The van der Waals surface area contributed by atoms with E-state index in [-0.39, 0.29) is 29.5 Å². The molecule has 1 aliphatic carbocycles. The zero-order valence-electron chi connectivity index (χ0n) is 15.1. The summed E-state index contributed by atoms with van der Waals surface area (Å²) >= 11 is 0. The number of ketones is 2. The summed E-state index contributed by atoms with van der Waals surface area (Å²) in [5, 5.41) is 19.5. The summed E-state index contributed by atoms with van der Waals surface area (Å²) in [5.74, 6) is 0.278. The maximum absolute atomic E-state index is 11.6. The van der Waals surface area contributed by atoms with Gasteiger partial charge in [0.15, 0.2) is 11.5 Å². The largest absolute Gasteiger partial charge is 0.507 e. The maximum atomic E-state index is 11.6. The van der Waals surface area contributed by atoms with Crippen LogP contribution < -0.4 is 4.74 Å². The van der Waals surface area contributed by atoms with E-state index < -0.39 is 0 Å². The smallest absolute Gasteiger partial charge is 0.204 e. The van der Waals surface area contributed by atoms with Crippen molar-refractivity contribution in [3.05, 3.63) is 46.9 Å². The van der Waals surface area contributed by atoms with Gasteiger partial charge in [0.05, 0.1) is 25.2 Å². The summed E-state index contributed by atoms with van der Waals surface area (Å²) in [6.45, 7) is 4.15. The van der Waals surface area contributed by atoms with Crippen molar-refractivity contribution in [2.45, 2.75) is 39.5 Å². The lowest BCUT2D eigenvalue weighted by Gasteiger charge is -2.15. The predicted octanol–water partition coefficient (Wildman–Crippen LogP) is 3.63. The van der Waals surface area contributed by atoms with Crippen LogP contribution >= 0.6 is 0 Å². The topological polar surface area (TPSA) is 93.1 Å². The van der Waals surface area contributed by atoms with Crippen molar-refractivity contribution >= 4 is 11.6 Å². The van der Waals surface area contributed by atoms with Crippen molar-refractivity contribution in [2.75, 3.05) is 13.2 Å². The molecule has 140 valence electrons. The van der Waals surface area contributed by atoms with Crippen LogP contribution in [0.2, 0.25) is 0 Å². The van der Waals surface area contributed by atoms with E-state index in [1.807, 2.05) is 6.92 Å². The molecule has 0 saturated carbocycles. The molecule has 6 nitrogen and oxygen atoms in total. The van der Waals surface area contributed by atoms with E-state index in [0.29, 0.717) is 48.7 Å². The molecule has 0 saturated heterocycles. The Balaban J connectivity index is 1.88. The lowest BCUT2D eigenvalue weighted by molar-refractivity contribution is -0.118. The third kappa shape index (κ3) is 4.88. The van der Waals surface area contributed by atoms with Crippen LogP contribution in [0.4, 0.5) is 0 Å². The number of aliphatic hydroxyl groups excluding tert-OH is 1. The quantitative estimate of drug-likeness (QED) is 0.516. The molecule has 1 aromatic rings. The SMILES string of the molecule is CCCc1c(OCCCOC2=CC=C(O)C(=O)C2)ccc(C(C)=O)c1O. The number of carbonyl (C=O) groups excluding carboxylic acids is 2. The van der Waals surface area contributed by atoms with Crippen LogP contribution in [0.15, 0.2) is 35.8 Å². The standard InChI is InChI=1S/C20H24O6/c1-3-5-16-19(9-7-15(13(2)21)20(16)24)26-11-4-10-25-14-6-8-17(22)18(23)12-14/h6-9,22,24H,3-5,10-12H2,1-2H3. The molecule has 0 aromatic heterocycles. The van der Waals surface area contributed by atoms with Gasteiger partial charge in [0.1, 0.15) is 17.3 Å². The highest BCUT2D eigenvalue weighted by Gasteiger charge is 2.17. The molecule has 0 spiro atoms. The number of Topliss-reactive ketones (excluding diaryl/α,β-unsaturated/α-hetero) is 2. The Kier molecular flexibility index (Phi) is 6.83. The number of allylic oxidation sites excluding steroid dienone is 4. The number of hydrogen-bond acceptors (Lipinski definition) is 6. The third-order valence-corrected chi connectivity index (χ3v) is 4.00. The van der Waals surface area contributed by atoms with E-state index in [1.54, 1.807) is 18.2 Å². The fourth-order valence-corrected chi connectivity index (χ4v) is 2.64. The van der Waals surface area contributed by atoms with Crippen molar-refractivity contribution < 1.29 is 29.3 Å². The van der Waals surface area contributed by atoms with E-state index in [2.05, 4.69) is 0 Å². The van der Waals surface area contributed by atoms with Gasteiger partial charge < -0.3 is 19.7 Å². The fraction of sp³-hybridized carbons (Fsp3) is 0.400. The molecule has 0 radical (unpaired) electrons. The van der Waals surface area contributed by atoms with Gasteiger partial charge in [-0.1, -0.05) is 13.3 Å². The molecule has 0 amide bonds. The average Bonchev–Trinajstić information content (AvgIpc) is 2.60. The van der Waals surface area contributed by atoms with Crippen LogP contribution in [-0.4, -0.2) is 35.0 Å². The lowest BCUT2D eigenvalue weighted by atomic mass is 10.0. The van der Waals surface area contributed by atoms with Gasteiger partial charge in [-0.25, -0.2) is 0 Å². The molecule has 1 aliphatic rings. The molecule has 0 bridgehead atoms. The Hall–Kier alpha value is -2.76. The maximum Gasteiger partial charge on any atom is 0.204 e. The van der Waals surface area contributed by atoms with E-state index in [4.69, 9.17) is 9.47 Å². The van der Waals surface area contributed by atoms with Crippen molar-refractivity contribution in [1.82, 2.24) is 0 Å². The summed E-state index contributed by atoms with van der Waals surface area (Å²) in [5.41, 5.74) is 0.941. The van der Waals surface area contributed by atoms with E-state index in [0.717, 1.165) is 6.42 Å². The number of phenols is 1. The van der Waals surface area contributed by atoms with Crippen molar-refractivity contribution in [3.63, 3.8) is 0 Å². The van der Waals surface area contributed by atoms with Crippen LogP contribution in [-0.2, 0) is 16.0 Å². The van der Waals surface area contributed by atoms with Crippen molar-refractivity contribution in [2.24, 2.45) is 0 Å². The molecule has 2 N–H and O–H groups in total. The Labute approximate surface area is 152 Å². The molecule has 1 aromatic carbocycles. The molecule has 0 atom stereocenters. The minimum absolute atomic E-state index is 0.00873. The number of hydrogen-bond donors (Lipinski definition) is 2. The van der Waals surface area contributed by atoms with E-state index in [9.17, 15) is 19.8 Å². The van der Waals surface area contributed by atoms with Gasteiger partial charge in [0.2, 0.25) is 5.78 Å². The Bertz CT molecular complexity index is 745. The monoisotopic (exact) mass is 360 g/mol.